The molecule has 0 aliphatic heterocycles. The van der Waals surface area contributed by atoms with Gasteiger partial charge in [0.1, 0.15) is 5.82 Å². The highest BCUT2D eigenvalue weighted by molar-refractivity contribution is 9.10. The summed E-state index contributed by atoms with van der Waals surface area (Å²) >= 11 is 3.14. The zero-order valence-corrected chi connectivity index (χ0v) is 15.1. The summed E-state index contributed by atoms with van der Waals surface area (Å²) < 4.78 is 54.0. The highest BCUT2D eigenvalue weighted by atomic mass is 79.9. The summed E-state index contributed by atoms with van der Waals surface area (Å²) in [6.07, 6.45) is -3.31. The molecule has 0 aliphatic rings. The van der Waals surface area contributed by atoms with Crippen LogP contribution in [-0.4, -0.2) is 32.8 Å². The van der Waals surface area contributed by atoms with Crippen molar-refractivity contribution in [3.05, 3.63) is 34.1 Å². The Morgan fingerprint density at radius 3 is 2.36 bits per heavy atom. The normalized spacial score (nSPS) is 16.6. The molecule has 7 heteroatoms. The molecule has 1 N–H and O–H groups in total. The third-order valence-corrected chi connectivity index (χ3v) is 6.15. The predicted molar refractivity (Wildman–Crippen MR) is 86.2 cm³/mol. The maximum atomic E-state index is 14.2. The van der Waals surface area contributed by atoms with E-state index in [9.17, 15) is 22.5 Å². The molecular formula is C15H20BrF3O2S. The van der Waals surface area contributed by atoms with E-state index >= 15 is 0 Å². The van der Waals surface area contributed by atoms with Crippen LogP contribution in [0.25, 0.3) is 0 Å². The van der Waals surface area contributed by atoms with Gasteiger partial charge in [-0.25, -0.2) is 13.2 Å². The zero-order valence-electron chi connectivity index (χ0n) is 12.7. The van der Waals surface area contributed by atoms with Crippen LogP contribution in [0.2, 0.25) is 0 Å². The lowest BCUT2D eigenvalue weighted by Crippen LogP contribution is -2.44. The van der Waals surface area contributed by atoms with E-state index in [4.69, 9.17) is 0 Å². The summed E-state index contributed by atoms with van der Waals surface area (Å²) in [5, 5.41) is 9.22. The van der Waals surface area contributed by atoms with Gasteiger partial charge >= 0.3 is 0 Å². The van der Waals surface area contributed by atoms with E-state index in [1.165, 1.54) is 12.1 Å². The SMILES string of the molecule is CC(C)(C)[S@](=O)CC(CCO)(c1cc(Br)ccc1F)C(F)F. The Hall–Kier alpha value is -0.400. The molecule has 0 heterocycles. The van der Waals surface area contributed by atoms with Crippen molar-refractivity contribution < 1.29 is 22.5 Å². The number of alkyl halides is 2. The van der Waals surface area contributed by atoms with Gasteiger partial charge in [0, 0.05) is 37.9 Å². The van der Waals surface area contributed by atoms with Gasteiger partial charge in [-0.1, -0.05) is 15.9 Å². The minimum atomic E-state index is -2.95. The molecule has 0 amide bonds. The Balaban J connectivity index is 3.45. The van der Waals surface area contributed by atoms with Gasteiger partial charge in [0.05, 0.1) is 5.41 Å². The molecule has 22 heavy (non-hydrogen) atoms. The van der Waals surface area contributed by atoms with Gasteiger partial charge in [0.25, 0.3) is 0 Å². The van der Waals surface area contributed by atoms with Crippen LogP contribution in [0.5, 0.6) is 0 Å². The topological polar surface area (TPSA) is 37.3 Å². The number of hydrogen-bond donors (Lipinski definition) is 1. The number of aliphatic hydroxyl groups excluding tert-OH is 1. The Labute approximate surface area is 139 Å². The van der Waals surface area contributed by atoms with E-state index < -0.39 is 45.6 Å². The third kappa shape index (κ3) is 4.32. The van der Waals surface area contributed by atoms with Gasteiger partial charge < -0.3 is 5.11 Å². The van der Waals surface area contributed by atoms with Crippen LogP contribution in [0.4, 0.5) is 13.2 Å². The lowest BCUT2D eigenvalue weighted by atomic mass is 9.79. The number of halogens is 4. The first kappa shape index (κ1) is 19.6. The molecule has 1 unspecified atom stereocenters. The summed E-state index contributed by atoms with van der Waals surface area (Å²) in [6, 6.07) is 3.78. The maximum absolute atomic E-state index is 14.2. The van der Waals surface area contributed by atoms with Crippen LogP contribution >= 0.6 is 15.9 Å². The van der Waals surface area contributed by atoms with Gasteiger partial charge in [0.15, 0.2) is 0 Å². The van der Waals surface area contributed by atoms with Crippen LogP contribution < -0.4 is 0 Å². The molecule has 0 saturated carbocycles. The van der Waals surface area contributed by atoms with E-state index in [1.807, 2.05) is 0 Å². The fourth-order valence-electron chi connectivity index (χ4n) is 2.10. The molecule has 2 nitrogen and oxygen atoms in total. The van der Waals surface area contributed by atoms with Crippen LogP contribution in [-0.2, 0) is 16.2 Å². The van der Waals surface area contributed by atoms with Gasteiger partial charge in [-0.2, -0.15) is 0 Å². The molecule has 0 fully saturated rings. The summed E-state index contributed by atoms with van der Waals surface area (Å²) in [7, 11) is -1.62. The molecule has 0 bridgehead atoms. The first-order valence-electron chi connectivity index (χ1n) is 6.77. The Morgan fingerprint density at radius 2 is 1.91 bits per heavy atom. The number of rotatable bonds is 6. The van der Waals surface area contributed by atoms with Crippen molar-refractivity contribution in [1.82, 2.24) is 0 Å². The molecule has 126 valence electrons. The maximum Gasteiger partial charge on any atom is 0.249 e. The fourth-order valence-corrected chi connectivity index (χ4v) is 3.79. The highest BCUT2D eigenvalue weighted by Gasteiger charge is 2.46. The highest BCUT2D eigenvalue weighted by Crippen LogP contribution is 2.39. The van der Waals surface area contributed by atoms with Crippen molar-refractivity contribution in [3.8, 4) is 0 Å². The molecule has 0 saturated heterocycles. The van der Waals surface area contributed by atoms with Crippen molar-refractivity contribution >= 4 is 26.7 Å². The second-order valence-electron chi connectivity index (χ2n) is 6.16. The first-order valence-corrected chi connectivity index (χ1v) is 8.89. The molecule has 0 aliphatic carbocycles. The molecule has 0 aromatic heterocycles. The zero-order chi connectivity index (χ0) is 17.1. The Bertz CT molecular complexity index is 546. The van der Waals surface area contributed by atoms with E-state index in [1.54, 1.807) is 20.8 Å². The van der Waals surface area contributed by atoms with E-state index in [0.29, 0.717) is 4.47 Å². The average Bonchev–Trinajstić information content (AvgIpc) is 2.39. The van der Waals surface area contributed by atoms with Crippen LogP contribution in [0, 0.1) is 5.82 Å². The van der Waals surface area contributed by atoms with Crippen molar-refractivity contribution in [1.29, 1.82) is 0 Å². The molecule has 1 rings (SSSR count). The van der Waals surface area contributed by atoms with Gasteiger partial charge in [-0.15, -0.1) is 0 Å². The lowest BCUT2D eigenvalue weighted by molar-refractivity contribution is 0.0432. The quantitative estimate of drug-likeness (QED) is 0.782. The molecular weight excluding hydrogens is 381 g/mol. The molecule has 1 aromatic carbocycles. The third-order valence-electron chi connectivity index (χ3n) is 3.51. The molecule has 0 radical (unpaired) electrons. The van der Waals surface area contributed by atoms with Gasteiger partial charge in [-0.05, 0) is 45.4 Å². The number of hydrogen-bond acceptors (Lipinski definition) is 2. The average molecular weight is 401 g/mol. The summed E-state index contributed by atoms with van der Waals surface area (Å²) in [5.41, 5.74) is -2.20. The standard InChI is InChI=1S/C15H20BrF3O2S/c1-14(2,3)22(21)9-15(6-7-20,13(18)19)11-8-10(16)4-5-12(11)17/h4-5,8,13,20H,6-7,9H2,1-3H3/t15?,22-/m1/s1. The van der Waals surface area contributed by atoms with Crippen LogP contribution in [0.1, 0.15) is 32.8 Å². The minimum Gasteiger partial charge on any atom is -0.396 e. The Morgan fingerprint density at radius 1 is 1.32 bits per heavy atom. The number of aliphatic hydroxyl groups is 1. The molecule has 1 aromatic rings. The summed E-state index contributed by atoms with van der Waals surface area (Å²) in [6.45, 7) is 4.48. The first-order chi connectivity index (χ1) is 10.0. The van der Waals surface area contributed by atoms with Crippen molar-refractivity contribution in [2.75, 3.05) is 12.4 Å². The summed E-state index contributed by atoms with van der Waals surface area (Å²) in [5.74, 6) is -1.20. The van der Waals surface area contributed by atoms with Gasteiger partial charge in [0.2, 0.25) is 6.43 Å². The fraction of sp³-hybridized carbons (Fsp3) is 0.600. The second kappa shape index (κ2) is 7.45. The van der Waals surface area contributed by atoms with Crippen molar-refractivity contribution in [3.63, 3.8) is 0 Å². The van der Waals surface area contributed by atoms with Crippen molar-refractivity contribution in [2.45, 2.75) is 43.8 Å². The second-order valence-corrected chi connectivity index (χ2v) is 9.28. The largest absolute Gasteiger partial charge is 0.396 e. The van der Waals surface area contributed by atoms with Crippen molar-refractivity contribution in [2.24, 2.45) is 0 Å². The lowest BCUT2D eigenvalue weighted by Gasteiger charge is -2.35. The van der Waals surface area contributed by atoms with Gasteiger partial charge in [-0.3, -0.25) is 4.21 Å². The predicted octanol–water partition coefficient (Wildman–Crippen LogP) is 4.02. The van der Waals surface area contributed by atoms with Crippen LogP contribution in [0.3, 0.4) is 0 Å². The number of benzene rings is 1. The summed E-state index contributed by atoms with van der Waals surface area (Å²) in [4.78, 5) is 0. The molecule has 2 atom stereocenters. The Kier molecular flexibility index (Phi) is 6.65. The van der Waals surface area contributed by atoms with Crippen LogP contribution in [0.15, 0.2) is 22.7 Å². The monoisotopic (exact) mass is 400 g/mol. The molecule has 0 spiro atoms. The van der Waals surface area contributed by atoms with E-state index in [-0.39, 0.29) is 12.0 Å². The smallest absolute Gasteiger partial charge is 0.249 e. The van der Waals surface area contributed by atoms with E-state index in [0.717, 1.165) is 6.07 Å². The minimum absolute atomic E-state index is 0.219. The van der Waals surface area contributed by atoms with E-state index in [2.05, 4.69) is 15.9 Å².